The Kier molecular flexibility index (Phi) is 6.91. The molecule has 2 aromatic rings. The minimum absolute atomic E-state index is 0.000221. The van der Waals surface area contributed by atoms with Crippen molar-refractivity contribution in [3.8, 4) is 16.9 Å². The molecule has 2 aromatic carbocycles. The quantitative estimate of drug-likeness (QED) is 0.446. The van der Waals surface area contributed by atoms with Crippen LogP contribution in [0.4, 0.5) is 0 Å². The first-order valence-electron chi connectivity index (χ1n) is 14.5. The molecule has 0 radical (unpaired) electrons. The van der Waals surface area contributed by atoms with Crippen molar-refractivity contribution in [2.75, 3.05) is 27.2 Å². The van der Waals surface area contributed by atoms with Gasteiger partial charge in [0.1, 0.15) is 5.75 Å². The third-order valence-corrected chi connectivity index (χ3v) is 9.81. The summed E-state index contributed by atoms with van der Waals surface area (Å²) in [6.45, 7) is 3.04. The number of likely N-dealkylation sites (N-methyl/N-ethyl adjacent to an activating group) is 1. The molecule has 3 fully saturated rings. The van der Waals surface area contributed by atoms with Crippen LogP contribution in [0.15, 0.2) is 36.4 Å². The van der Waals surface area contributed by atoms with E-state index in [4.69, 9.17) is 5.73 Å². The smallest absolute Gasteiger partial charge is 0.235 e. The predicted octanol–water partition coefficient (Wildman–Crippen LogP) is 1.13. The number of rotatable bonds is 5. The second-order valence-electron chi connectivity index (χ2n) is 12.5. The van der Waals surface area contributed by atoms with Gasteiger partial charge in [0.2, 0.25) is 5.91 Å². The van der Waals surface area contributed by atoms with Crippen LogP contribution in [0.25, 0.3) is 11.1 Å². The fourth-order valence-electron chi connectivity index (χ4n) is 7.86. The molecule has 1 heterocycles. The Morgan fingerprint density at radius 1 is 1.02 bits per heavy atom. The molecule has 3 aliphatic carbocycles. The molecule has 1 aliphatic heterocycles. The molecule has 6 atom stereocenters. The van der Waals surface area contributed by atoms with Crippen molar-refractivity contribution in [1.29, 1.82) is 0 Å². The number of hydrogen-bond donors (Lipinski definition) is 3. The van der Waals surface area contributed by atoms with E-state index in [1.165, 1.54) is 29.4 Å². The van der Waals surface area contributed by atoms with E-state index in [9.17, 15) is 34.2 Å². The number of aliphatic hydroxyl groups is 1. The van der Waals surface area contributed by atoms with Crippen LogP contribution in [0.3, 0.4) is 0 Å². The number of phenols is 1. The highest BCUT2D eigenvalue weighted by molar-refractivity contribution is 6.32. The Morgan fingerprint density at radius 2 is 1.69 bits per heavy atom. The van der Waals surface area contributed by atoms with Crippen molar-refractivity contribution >= 4 is 29.0 Å². The molecule has 42 heavy (non-hydrogen) atoms. The molecule has 0 aromatic heterocycles. The summed E-state index contributed by atoms with van der Waals surface area (Å²) in [5.74, 6) is -10.4. The summed E-state index contributed by atoms with van der Waals surface area (Å²) in [5.41, 5.74) is 6.04. The van der Waals surface area contributed by atoms with Crippen molar-refractivity contribution in [2.24, 2.45) is 29.4 Å². The zero-order valence-electron chi connectivity index (χ0n) is 23.7. The van der Waals surface area contributed by atoms with Gasteiger partial charge in [0.05, 0.1) is 17.5 Å². The summed E-state index contributed by atoms with van der Waals surface area (Å²) >= 11 is 0. The normalized spacial score (nSPS) is 31.2. The second kappa shape index (κ2) is 10.2. The van der Waals surface area contributed by atoms with Gasteiger partial charge in [0, 0.05) is 12.5 Å². The number of primary amides is 1. The van der Waals surface area contributed by atoms with Gasteiger partial charge in [0.15, 0.2) is 34.7 Å². The van der Waals surface area contributed by atoms with E-state index in [-0.39, 0.29) is 24.2 Å². The SMILES string of the molecule is CN(C)C1C(=O)C(C(N)=O)C(=O)[C@@]2(O)C(=O)C3C(=O)c4c(O)ccc(-c5ccc(CN6CCCC6)cc5)c4C[C@H]3C[C@@H]12. The predicted molar refractivity (Wildman–Crippen MR) is 151 cm³/mol. The minimum atomic E-state index is -2.73. The maximum absolute atomic E-state index is 14.0. The number of Topliss-reactive ketones (excluding diaryl/α,β-unsaturated/α-hetero) is 4. The van der Waals surface area contributed by atoms with Gasteiger partial charge >= 0.3 is 0 Å². The molecule has 1 amide bonds. The number of likely N-dealkylation sites (tertiary alicyclic amines) is 1. The maximum atomic E-state index is 14.0. The largest absolute Gasteiger partial charge is 0.507 e. The third-order valence-electron chi connectivity index (χ3n) is 9.81. The lowest BCUT2D eigenvalue weighted by atomic mass is 9.52. The summed E-state index contributed by atoms with van der Waals surface area (Å²) < 4.78 is 0. The van der Waals surface area contributed by atoms with Crippen LogP contribution in [0, 0.1) is 23.7 Å². The molecule has 2 saturated carbocycles. The van der Waals surface area contributed by atoms with Crippen molar-refractivity contribution in [3.05, 3.63) is 53.1 Å². The van der Waals surface area contributed by atoms with Crippen LogP contribution in [0.5, 0.6) is 5.75 Å². The summed E-state index contributed by atoms with van der Waals surface area (Å²) in [7, 11) is 3.14. The zero-order chi connectivity index (χ0) is 30.1. The molecule has 0 bridgehead atoms. The van der Waals surface area contributed by atoms with Crippen LogP contribution in [0.2, 0.25) is 0 Å². The molecule has 6 rings (SSSR count). The molecule has 10 nitrogen and oxygen atoms in total. The number of hydrogen-bond acceptors (Lipinski definition) is 9. The van der Waals surface area contributed by atoms with Gasteiger partial charge in [-0.15, -0.1) is 0 Å². The number of fused-ring (bicyclic) bond motifs is 3. The lowest BCUT2D eigenvalue weighted by Gasteiger charge is -2.52. The van der Waals surface area contributed by atoms with Crippen LogP contribution in [0.1, 0.15) is 40.7 Å². The van der Waals surface area contributed by atoms with Crippen LogP contribution in [-0.4, -0.2) is 87.9 Å². The molecule has 220 valence electrons. The van der Waals surface area contributed by atoms with E-state index in [1.807, 2.05) is 12.1 Å². The lowest BCUT2D eigenvalue weighted by Crippen LogP contribution is -2.74. The minimum Gasteiger partial charge on any atom is -0.507 e. The topological polar surface area (TPSA) is 158 Å². The zero-order valence-corrected chi connectivity index (χ0v) is 23.7. The number of aromatic hydroxyl groups is 1. The number of nitrogens with two attached hydrogens (primary N) is 1. The maximum Gasteiger partial charge on any atom is 0.235 e. The molecular weight excluding hydrogens is 538 g/mol. The van der Waals surface area contributed by atoms with Crippen molar-refractivity contribution in [3.63, 3.8) is 0 Å². The van der Waals surface area contributed by atoms with E-state index >= 15 is 0 Å². The molecule has 3 unspecified atom stereocenters. The lowest BCUT2D eigenvalue weighted by molar-refractivity contribution is -0.181. The second-order valence-corrected chi connectivity index (χ2v) is 12.5. The summed E-state index contributed by atoms with van der Waals surface area (Å²) in [5, 5.41) is 22.5. The molecular formula is C32H35N3O7. The molecule has 0 spiro atoms. The molecule has 1 saturated heterocycles. The number of phenolic OH excluding ortho intramolecular Hbond substituents is 1. The third kappa shape index (κ3) is 4.15. The number of amides is 1. The van der Waals surface area contributed by atoms with E-state index in [0.29, 0.717) is 5.56 Å². The highest BCUT2D eigenvalue weighted by Crippen LogP contribution is 2.51. The summed E-state index contributed by atoms with van der Waals surface area (Å²) in [6.07, 6.45) is 2.66. The van der Waals surface area contributed by atoms with Crippen LogP contribution < -0.4 is 5.73 Å². The van der Waals surface area contributed by atoms with Crippen molar-refractivity contribution in [1.82, 2.24) is 9.80 Å². The monoisotopic (exact) mass is 573 g/mol. The summed E-state index contributed by atoms with van der Waals surface area (Å²) in [6, 6.07) is 10.1. The Labute approximate surface area is 243 Å². The van der Waals surface area contributed by atoms with Gasteiger partial charge in [-0.25, -0.2) is 0 Å². The van der Waals surface area contributed by atoms with E-state index in [0.717, 1.165) is 30.8 Å². The first-order chi connectivity index (χ1) is 19.9. The Hall–Kier alpha value is -3.73. The highest BCUT2D eigenvalue weighted by atomic mass is 16.3. The summed E-state index contributed by atoms with van der Waals surface area (Å²) in [4.78, 5) is 70.6. The van der Waals surface area contributed by atoms with Crippen molar-refractivity contribution < 1.29 is 34.2 Å². The van der Waals surface area contributed by atoms with Crippen LogP contribution >= 0.6 is 0 Å². The van der Waals surface area contributed by atoms with Gasteiger partial charge in [-0.3, -0.25) is 33.8 Å². The first-order valence-corrected chi connectivity index (χ1v) is 14.5. The van der Waals surface area contributed by atoms with E-state index < -0.39 is 64.4 Å². The average Bonchev–Trinajstić information content (AvgIpc) is 3.44. The number of nitrogens with zero attached hydrogens (tertiary/aromatic N) is 2. The molecule has 4 aliphatic rings. The van der Waals surface area contributed by atoms with Gasteiger partial charge in [-0.05, 0) is 87.1 Å². The molecule has 10 heteroatoms. The van der Waals surface area contributed by atoms with Crippen molar-refractivity contribution in [2.45, 2.75) is 43.9 Å². The molecule has 4 N–H and O–H groups in total. The number of benzene rings is 2. The Balaban J connectivity index is 1.39. The van der Waals surface area contributed by atoms with Gasteiger partial charge < -0.3 is 15.9 Å². The highest BCUT2D eigenvalue weighted by Gasteiger charge is 2.69. The Bertz CT molecular complexity index is 1510. The van der Waals surface area contributed by atoms with Crippen LogP contribution in [-0.2, 0) is 32.1 Å². The standard InChI is InChI=1S/C32H35N3O7/c1-34(2)26-21-14-18-13-20-19(17-7-5-16(6-8-17)15-35-11-3-4-12-35)9-10-22(36)24(20)27(37)23(18)29(39)32(21,42)30(40)25(28(26)38)31(33)41/h5-10,18,21,23,25-26,36,42H,3-4,11-15H2,1-2H3,(H2,33,41)/t18-,21-,23?,25?,26?,32-/m0/s1. The fourth-order valence-corrected chi connectivity index (χ4v) is 7.86. The Morgan fingerprint density at radius 3 is 2.31 bits per heavy atom. The average molecular weight is 574 g/mol. The van der Waals surface area contributed by atoms with Gasteiger partial charge in [-0.2, -0.15) is 0 Å². The number of carbonyl (C=O) groups is 5. The van der Waals surface area contributed by atoms with E-state index in [1.54, 1.807) is 20.2 Å². The first kappa shape index (κ1) is 28.4. The van der Waals surface area contributed by atoms with Gasteiger partial charge in [0.25, 0.3) is 0 Å². The number of ketones is 4. The van der Waals surface area contributed by atoms with E-state index in [2.05, 4.69) is 17.0 Å². The number of carbonyl (C=O) groups excluding carboxylic acids is 5. The fraction of sp³-hybridized carbons (Fsp3) is 0.469. The van der Waals surface area contributed by atoms with Gasteiger partial charge in [-0.1, -0.05) is 30.3 Å².